The third kappa shape index (κ3) is 4.25. The highest BCUT2D eigenvalue weighted by Crippen LogP contribution is 2.22. The molecule has 2 aliphatic rings. The van der Waals surface area contributed by atoms with Crippen molar-refractivity contribution in [2.75, 3.05) is 25.0 Å². The summed E-state index contributed by atoms with van der Waals surface area (Å²) < 4.78 is 0. The van der Waals surface area contributed by atoms with Crippen molar-refractivity contribution in [1.82, 2.24) is 25.4 Å². The molecule has 2 aliphatic heterocycles. The van der Waals surface area contributed by atoms with Gasteiger partial charge in [0, 0.05) is 49.2 Å². The van der Waals surface area contributed by atoms with Gasteiger partial charge in [0.05, 0.1) is 5.69 Å². The van der Waals surface area contributed by atoms with Gasteiger partial charge in [-0.25, -0.2) is 4.98 Å². The van der Waals surface area contributed by atoms with E-state index in [1.165, 1.54) is 24.2 Å². The van der Waals surface area contributed by atoms with Crippen molar-refractivity contribution >= 4 is 34.8 Å². The van der Waals surface area contributed by atoms with Crippen molar-refractivity contribution < 1.29 is 4.79 Å². The van der Waals surface area contributed by atoms with Crippen LogP contribution in [0, 0.1) is 5.92 Å². The minimum Gasteiger partial charge on any atom is -0.312 e. The van der Waals surface area contributed by atoms with Crippen LogP contribution >= 0.6 is 23.7 Å². The molecule has 2 aromatic heterocycles. The zero-order chi connectivity index (χ0) is 17.2. The van der Waals surface area contributed by atoms with Gasteiger partial charge in [-0.15, -0.1) is 23.7 Å². The highest BCUT2D eigenvalue weighted by Gasteiger charge is 2.22. The summed E-state index contributed by atoms with van der Waals surface area (Å²) in [5.74, 6) is 0.569. The second-order valence-electron chi connectivity index (χ2n) is 7.04. The number of carbonyl (C=O) groups is 1. The van der Waals surface area contributed by atoms with Crippen molar-refractivity contribution in [2.24, 2.45) is 5.92 Å². The molecule has 0 bridgehead atoms. The van der Waals surface area contributed by atoms with Gasteiger partial charge in [0.1, 0.15) is 0 Å². The molecule has 26 heavy (non-hydrogen) atoms. The molecule has 1 unspecified atom stereocenters. The molecule has 0 radical (unpaired) electrons. The molecule has 9 heteroatoms. The van der Waals surface area contributed by atoms with Crippen LogP contribution in [0.25, 0.3) is 0 Å². The van der Waals surface area contributed by atoms with E-state index in [1.807, 2.05) is 5.38 Å². The van der Waals surface area contributed by atoms with Crippen LogP contribution in [0.1, 0.15) is 47.2 Å². The lowest BCUT2D eigenvalue weighted by molar-refractivity contribution is 0.102. The van der Waals surface area contributed by atoms with Crippen LogP contribution in [0.15, 0.2) is 5.38 Å². The summed E-state index contributed by atoms with van der Waals surface area (Å²) in [5.41, 5.74) is 3.54. The normalized spacial score (nSPS) is 20.3. The number of hydrogen-bond donors (Lipinski definition) is 3. The monoisotopic (exact) mass is 396 g/mol. The van der Waals surface area contributed by atoms with Gasteiger partial charge in [0.2, 0.25) is 0 Å². The number of amides is 1. The zero-order valence-electron chi connectivity index (χ0n) is 14.9. The van der Waals surface area contributed by atoms with Crippen molar-refractivity contribution in [3.05, 3.63) is 28.0 Å². The third-order valence-electron chi connectivity index (χ3n) is 4.92. The Morgan fingerprint density at radius 1 is 1.50 bits per heavy atom. The Morgan fingerprint density at radius 3 is 3.23 bits per heavy atom. The molecule has 1 saturated heterocycles. The van der Waals surface area contributed by atoms with Crippen molar-refractivity contribution in [3.63, 3.8) is 0 Å². The van der Waals surface area contributed by atoms with Gasteiger partial charge < -0.3 is 5.32 Å². The average molecular weight is 397 g/mol. The predicted octanol–water partition coefficient (Wildman–Crippen LogP) is 2.42. The van der Waals surface area contributed by atoms with Crippen molar-refractivity contribution in [2.45, 2.75) is 39.3 Å². The van der Waals surface area contributed by atoms with E-state index in [1.54, 1.807) is 0 Å². The van der Waals surface area contributed by atoms with E-state index in [2.05, 4.69) is 37.6 Å². The van der Waals surface area contributed by atoms with Crippen LogP contribution in [0.2, 0.25) is 0 Å². The molecule has 0 spiro atoms. The first-order valence-corrected chi connectivity index (χ1v) is 9.82. The molecule has 1 atom stereocenters. The summed E-state index contributed by atoms with van der Waals surface area (Å²) in [6.07, 6.45) is 3.45. The van der Waals surface area contributed by atoms with Gasteiger partial charge >= 0.3 is 0 Å². The SMILES string of the molecule is CC1CCCN(Cc2csc(NC(=O)c3n[nH]c4c3CNCC4)n2)C1.Cl. The van der Waals surface area contributed by atoms with E-state index < -0.39 is 0 Å². The number of halogens is 1. The largest absolute Gasteiger partial charge is 0.312 e. The maximum absolute atomic E-state index is 12.5. The van der Waals surface area contributed by atoms with Crippen LogP contribution in [-0.2, 0) is 19.5 Å². The second-order valence-corrected chi connectivity index (χ2v) is 7.89. The molecular formula is C17H25ClN6OS. The molecule has 1 fully saturated rings. The number of aromatic amines is 1. The van der Waals surface area contributed by atoms with E-state index in [9.17, 15) is 4.79 Å². The topological polar surface area (TPSA) is 85.9 Å². The standard InChI is InChI=1S/C17H24N6OS.ClH/c1-11-3-2-6-23(8-11)9-12-10-25-17(19-12)20-16(24)15-13-7-18-5-4-14(13)21-22-15;/h10-11,18H,2-9H2,1H3,(H,21,22)(H,19,20,24);1H. The predicted molar refractivity (Wildman–Crippen MR) is 105 cm³/mol. The number of nitrogens with one attached hydrogen (secondary N) is 3. The van der Waals surface area contributed by atoms with Gasteiger partial charge in [-0.3, -0.25) is 20.1 Å². The Kier molecular flexibility index (Phi) is 6.29. The zero-order valence-corrected chi connectivity index (χ0v) is 16.5. The van der Waals surface area contributed by atoms with Crippen molar-refractivity contribution in [3.8, 4) is 0 Å². The number of nitrogens with zero attached hydrogens (tertiary/aromatic N) is 3. The van der Waals surface area contributed by atoms with Crippen LogP contribution in [0.4, 0.5) is 5.13 Å². The highest BCUT2D eigenvalue weighted by atomic mass is 35.5. The first-order chi connectivity index (χ1) is 12.2. The lowest BCUT2D eigenvalue weighted by Crippen LogP contribution is -2.33. The Morgan fingerprint density at radius 2 is 2.38 bits per heavy atom. The maximum Gasteiger partial charge on any atom is 0.278 e. The number of fused-ring (bicyclic) bond motifs is 1. The molecule has 2 aromatic rings. The van der Waals surface area contributed by atoms with Crippen LogP contribution in [-0.4, -0.2) is 45.6 Å². The number of piperidine rings is 1. The molecule has 1 amide bonds. The fraction of sp³-hybridized carbons (Fsp3) is 0.588. The summed E-state index contributed by atoms with van der Waals surface area (Å²) in [7, 11) is 0. The molecule has 0 aromatic carbocycles. The van der Waals surface area contributed by atoms with Gasteiger partial charge in [-0.2, -0.15) is 5.10 Å². The average Bonchev–Trinajstić information content (AvgIpc) is 3.21. The van der Waals surface area contributed by atoms with Crippen LogP contribution < -0.4 is 10.6 Å². The number of likely N-dealkylation sites (tertiary alicyclic amines) is 1. The molecule has 4 heterocycles. The first kappa shape index (κ1) is 19.3. The summed E-state index contributed by atoms with van der Waals surface area (Å²) >= 11 is 1.48. The number of H-pyrrole nitrogens is 1. The van der Waals surface area contributed by atoms with E-state index in [0.29, 0.717) is 17.4 Å². The van der Waals surface area contributed by atoms with Crippen LogP contribution in [0.3, 0.4) is 0 Å². The fourth-order valence-corrected chi connectivity index (χ4v) is 4.36. The summed E-state index contributed by atoms with van der Waals surface area (Å²) in [6, 6.07) is 0. The molecule has 7 nitrogen and oxygen atoms in total. The number of hydrogen-bond acceptors (Lipinski definition) is 6. The molecule has 142 valence electrons. The van der Waals surface area contributed by atoms with Gasteiger partial charge in [-0.05, 0) is 25.3 Å². The molecule has 0 saturated carbocycles. The number of aromatic nitrogens is 3. The molecule has 0 aliphatic carbocycles. The number of thiazole rings is 1. The fourth-order valence-electron chi connectivity index (χ4n) is 3.67. The van der Waals surface area contributed by atoms with Crippen molar-refractivity contribution in [1.29, 1.82) is 0 Å². The number of rotatable bonds is 4. The first-order valence-electron chi connectivity index (χ1n) is 8.94. The Balaban J connectivity index is 0.00000196. The quantitative estimate of drug-likeness (QED) is 0.738. The maximum atomic E-state index is 12.5. The van der Waals surface area contributed by atoms with Gasteiger partial charge in [-0.1, -0.05) is 6.92 Å². The summed E-state index contributed by atoms with van der Waals surface area (Å²) in [5, 5.41) is 16.0. The van der Waals surface area contributed by atoms with E-state index in [4.69, 9.17) is 0 Å². The molecular weight excluding hydrogens is 372 g/mol. The van der Waals surface area contributed by atoms with E-state index >= 15 is 0 Å². The molecule has 4 rings (SSSR count). The Bertz CT molecular complexity index is 760. The van der Waals surface area contributed by atoms with Gasteiger partial charge in [0.15, 0.2) is 10.8 Å². The lowest BCUT2D eigenvalue weighted by Gasteiger charge is -2.30. The second kappa shape index (κ2) is 8.47. The minimum absolute atomic E-state index is 0. The summed E-state index contributed by atoms with van der Waals surface area (Å²) in [4.78, 5) is 19.6. The van der Waals surface area contributed by atoms with E-state index in [-0.39, 0.29) is 18.3 Å². The van der Waals surface area contributed by atoms with Gasteiger partial charge in [0.25, 0.3) is 5.91 Å². The highest BCUT2D eigenvalue weighted by molar-refractivity contribution is 7.13. The van der Waals surface area contributed by atoms with Crippen LogP contribution in [0.5, 0.6) is 0 Å². The Hall–Kier alpha value is -1.48. The number of carbonyl (C=O) groups excluding carboxylic acids is 1. The number of anilines is 1. The summed E-state index contributed by atoms with van der Waals surface area (Å²) in [6.45, 7) is 7.03. The minimum atomic E-state index is -0.186. The Labute approximate surface area is 163 Å². The molecule has 3 N–H and O–H groups in total. The smallest absolute Gasteiger partial charge is 0.278 e. The van der Waals surface area contributed by atoms with E-state index in [0.717, 1.165) is 55.5 Å². The third-order valence-corrected chi connectivity index (χ3v) is 5.73. The lowest BCUT2D eigenvalue weighted by atomic mass is 10.0.